The van der Waals surface area contributed by atoms with Gasteiger partial charge in [-0.05, 0) is 45.1 Å². The third-order valence-corrected chi connectivity index (χ3v) is 6.84. The van der Waals surface area contributed by atoms with Crippen LogP contribution in [-0.2, 0) is 37.8 Å². The van der Waals surface area contributed by atoms with Gasteiger partial charge in [0.15, 0.2) is 0 Å². The highest BCUT2D eigenvalue weighted by atomic mass is 32.1. The first-order valence-electron chi connectivity index (χ1n) is 9.71. The number of nitrogens with zero attached hydrogens (tertiary/aromatic N) is 4. The van der Waals surface area contributed by atoms with E-state index >= 15 is 0 Å². The lowest BCUT2D eigenvalue weighted by molar-refractivity contribution is -0.121. The quantitative estimate of drug-likeness (QED) is 0.714. The van der Waals surface area contributed by atoms with Gasteiger partial charge in [0.25, 0.3) is 5.56 Å². The molecule has 0 atom stereocenters. The predicted octanol–water partition coefficient (Wildman–Crippen LogP) is 2.39. The Morgan fingerprint density at radius 2 is 2.07 bits per heavy atom. The molecule has 1 aliphatic rings. The van der Waals surface area contributed by atoms with Crippen LogP contribution in [0.4, 0.5) is 0 Å². The van der Waals surface area contributed by atoms with Crippen molar-refractivity contribution in [2.75, 3.05) is 0 Å². The molecule has 8 heteroatoms. The third kappa shape index (κ3) is 3.37. The number of thiophene rings is 1. The van der Waals surface area contributed by atoms with E-state index in [1.165, 1.54) is 16.9 Å². The average Bonchev–Trinajstić information content (AvgIpc) is 3.17. The molecule has 1 aliphatic carbocycles. The maximum Gasteiger partial charge on any atom is 0.262 e. The Morgan fingerprint density at radius 1 is 1.29 bits per heavy atom. The van der Waals surface area contributed by atoms with Crippen LogP contribution in [0.2, 0.25) is 0 Å². The largest absolute Gasteiger partial charge is 0.352 e. The molecular formula is C20H25N5O2S. The third-order valence-electron chi connectivity index (χ3n) is 5.64. The van der Waals surface area contributed by atoms with Crippen LogP contribution in [0.15, 0.2) is 11.1 Å². The van der Waals surface area contributed by atoms with Gasteiger partial charge in [-0.1, -0.05) is 0 Å². The first-order valence-corrected chi connectivity index (χ1v) is 10.5. The van der Waals surface area contributed by atoms with Crippen molar-refractivity contribution >= 4 is 27.5 Å². The zero-order valence-corrected chi connectivity index (χ0v) is 17.4. The Hall–Kier alpha value is -2.48. The highest BCUT2D eigenvalue weighted by Crippen LogP contribution is 2.33. The number of hydrogen-bond donors (Lipinski definition) is 1. The highest BCUT2D eigenvalue weighted by molar-refractivity contribution is 7.18. The van der Waals surface area contributed by atoms with Gasteiger partial charge in [-0.25, -0.2) is 4.98 Å². The fourth-order valence-electron chi connectivity index (χ4n) is 3.91. The Morgan fingerprint density at radius 3 is 2.82 bits per heavy atom. The minimum atomic E-state index is -0.0815. The first kappa shape index (κ1) is 18.9. The molecule has 0 spiro atoms. The zero-order valence-electron chi connectivity index (χ0n) is 16.5. The summed E-state index contributed by atoms with van der Waals surface area (Å²) in [5.74, 6) is -0.0815. The van der Waals surface area contributed by atoms with Crippen LogP contribution in [0, 0.1) is 13.8 Å². The van der Waals surface area contributed by atoms with E-state index in [0.717, 1.165) is 46.4 Å². The molecule has 3 aromatic heterocycles. The van der Waals surface area contributed by atoms with Gasteiger partial charge in [0.2, 0.25) is 5.91 Å². The average molecular weight is 400 g/mol. The summed E-state index contributed by atoms with van der Waals surface area (Å²) in [5, 5.41) is 8.07. The second-order valence-electron chi connectivity index (χ2n) is 7.43. The lowest BCUT2D eigenvalue weighted by Crippen LogP contribution is -2.27. The molecular weight excluding hydrogens is 374 g/mol. The topological polar surface area (TPSA) is 81.8 Å². The summed E-state index contributed by atoms with van der Waals surface area (Å²) in [6.07, 6.45) is 6.14. The van der Waals surface area contributed by atoms with Crippen molar-refractivity contribution in [3.8, 4) is 0 Å². The van der Waals surface area contributed by atoms with Crippen LogP contribution >= 0.6 is 11.3 Å². The molecule has 1 amide bonds. The van der Waals surface area contributed by atoms with Crippen molar-refractivity contribution in [1.29, 1.82) is 0 Å². The molecule has 0 bridgehead atoms. The van der Waals surface area contributed by atoms with Gasteiger partial charge in [-0.3, -0.25) is 18.8 Å². The maximum absolute atomic E-state index is 12.9. The fraction of sp³-hybridized carbons (Fsp3) is 0.500. The second-order valence-corrected chi connectivity index (χ2v) is 8.52. The number of aryl methyl sites for hydroxylation is 5. The monoisotopic (exact) mass is 399 g/mol. The number of nitrogens with one attached hydrogen (secondary N) is 1. The minimum absolute atomic E-state index is 0.0175. The predicted molar refractivity (Wildman–Crippen MR) is 110 cm³/mol. The zero-order chi connectivity index (χ0) is 19.8. The van der Waals surface area contributed by atoms with Crippen LogP contribution in [0.1, 0.15) is 46.7 Å². The maximum atomic E-state index is 12.9. The van der Waals surface area contributed by atoms with Crippen molar-refractivity contribution in [2.45, 2.75) is 59.0 Å². The van der Waals surface area contributed by atoms with Crippen molar-refractivity contribution in [3.05, 3.63) is 44.1 Å². The number of carbonyl (C=O) groups is 1. The minimum Gasteiger partial charge on any atom is -0.352 e. The van der Waals surface area contributed by atoms with Crippen LogP contribution in [0.5, 0.6) is 0 Å². The molecule has 7 nitrogen and oxygen atoms in total. The summed E-state index contributed by atoms with van der Waals surface area (Å²) in [6, 6.07) is 0. The Bertz CT molecular complexity index is 1110. The number of carbonyl (C=O) groups excluding carboxylic acids is 1. The highest BCUT2D eigenvalue weighted by Gasteiger charge is 2.20. The van der Waals surface area contributed by atoms with Crippen molar-refractivity contribution < 1.29 is 4.79 Å². The Labute approximate surface area is 167 Å². The molecule has 0 aromatic carbocycles. The summed E-state index contributed by atoms with van der Waals surface area (Å²) < 4.78 is 3.39. The number of hydrogen-bond acceptors (Lipinski definition) is 5. The van der Waals surface area contributed by atoms with Crippen molar-refractivity contribution in [2.24, 2.45) is 7.05 Å². The SMILES string of the molecule is Cc1nn(C)c(C)c1CNC(=O)CCn1cnc2sc3c(c2c1=O)CCCC3. The van der Waals surface area contributed by atoms with E-state index in [2.05, 4.69) is 15.4 Å². The molecule has 0 saturated carbocycles. The Kier molecular flexibility index (Phi) is 5.05. The summed E-state index contributed by atoms with van der Waals surface area (Å²) in [5.41, 5.74) is 4.18. The number of aromatic nitrogens is 4. The van der Waals surface area contributed by atoms with Gasteiger partial charge in [0.1, 0.15) is 4.83 Å². The van der Waals surface area contributed by atoms with Crippen LogP contribution in [0.3, 0.4) is 0 Å². The molecule has 0 saturated heterocycles. The van der Waals surface area contributed by atoms with Crippen molar-refractivity contribution in [1.82, 2.24) is 24.6 Å². The Balaban J connectivity index is 1.44. The molecule has 0 radical (unpaired) electrons. The molecule has 3 heterocycles. The van der Waals surface area contributed by atoms with E-state index in [4.69, 9.17) is 0 Å². The second kappa shape index (κ2) is 7.50. The lowest BCUT2D eigenvalue weighted by atomic mass is 9.97. The van der Waals surface area contributed by atoms with Gasteiger partial charge in [-0.15, -0.1) is 11.3 Å². The standard InChI is InChI=1S/C20H25N5O2S/c1-12-15(13(2)24(3)23-12)10-21-17(26)8-9-25-11-22-19-18(20(25)27)14-6-4-5-7-16(14)28-19/h11H,4-10H2,1-3H3,(H,21,26). The first-order chi connectivity index (χ1) is 13.5. The van der Waals surface area contributed by atoms with E-state index in [1.807, 2.05) is 25.6 Å². The van der Waals surface area contributed by atoms with E-state index < -0.39 is 0 Å². The number of amides is 1. The van der Waals surface area contributed by atoms with E-state index in [9.17, 15) is 9.59 Å². The van der Waals surface area contributed by atoms with Crippen LogP contribution < -0.4 is 10.9 Å². The van der Waals surface area contributed by atoms with E-state index in [1.54, 1.807) is 22.2 Å². The smallest absolute Gasteiger partial charge is 0.262 e. The van der Waals surface area contributed by atoms with Gasteiger partial charge in [0, 0.05) is 42.7 Å². The van der Waals surface area contributed by atoms with E-state index in [0.29, 0.717) is 13.1 Å². The lowest BCUT2D eigenvalue weighted by Gasteiger charge is -2.10. The van der Waals surface area contributed by atoms with Crippen molar-refractivity contribution in [3.63, 3.8) is 0 Å². The number of rotatable bonds is 5. The summed E-state index contributed by atoms with van der Waals surface area (Å²) in [6.45, 7) is 4.72. The number of fused-ring (bicyclic) bond motifs is 3. The summed E-state index contributed by atoms with van der Waals surface area (Å²) in [7, 11) is 1.90. The van der Waals surface area contributed by atoms with Gasteiger partial charge < -0.3 is 5.32 Å². The molecule has 28 heavy (non-hydrogen) atoms. The molecule has 148 valence electrons. The van der Waals surface area contributed by atoms with Gasteiger partial charge in [0.05, 0.1) is 17.4 Å². The van der Waals surface area contributed by atoms with Crippen LogP contribution in [0.25, 0.3) is 10.2 Å². The van der Waals surface area contributed by atoms with Crippen LogP contribution in [-0.4, -0.2) is 25.2 Å². The molecule has 0 fully saturated rings. The fourth-order valence-corrected chi connectivity index (χ4v) is 5.13. The normalized spacial score (nSPS) is 13.7. The summed E-state index contributed by atoms with van der Waals surface area (Å²) >= 11 is 1.65. The van der Waals surface area contributed by atoms with E-state index in [-0.39, 0.29) is 17.9 Å². The molecule has 4 rings (SSSR count). The molecule has 0 unspecified atom stereocenters. The van der Waals surface area contributed by atoms with Gasteiger partial charge in [-0.2, -0.15) is 5.10 Å². The molecule has 3 aromatic rings. The molecule has 0 aliphatic heterocycles. The molecule has 1 N–H and O–H groups in total. The summed E-state index contributed by atoms with van der Waals surface area (Å²) in [4.78, 5) is 31.9. The van der Waals surface area contributed by atoms with Gasteiger partial charge >= 0.3 is 0 Å².